The van der Waals surface area contributed by atoms with Crippen molar-refractivity contribution in [1.82, 2.24) is 4.90 Å². The molecule has 100 valence electrons. The molecule has 0 amide bonds. The molecule has 2 aromatic rings. The van der Waals surface area contributed by atoms with E-state index in [4.69, 9.17) is 4.42 Å². The molecule has 1 aromatic carbocycles. The lowest BCUT2D eigenvalue weighted by Crippen LogP contribution is -2.07. The van der Waals surface area contributed by atoms with Gasteiger partial charge in [0.05, 0.1) is 4.92 Å². The minimum atomic E-state index is -0.500. The SMILES string of the molecule is C/C(=C/c1oc2ccc(O)cc2c1[N+](=O)[O-])N(C)C. The number of phenolic OH excluding ortho intramolecular Hbond substituents is 1. The van der Waals surface area contributed by atoms with E-state index in [-0.39, 0.29) is 17.2 Å². The maximum absolute atomic E-state index is 11.2. The van der Waals surface area contributed by atoms with Gasteiger partial charge in [-0.05, 0) is 25.1 Å². The summed E-state index contributed by atoms with van der Waals surface area (Å²) >= 11 is 0. The molecule has 19 heavy (non-hydrogen) atoms. The van der Waals surface area contributed by atoms with Crippen LogP contribution in [0.15, 0.2) is 28.3 Å². The molecule has 0 atom stereocenters. The summed E-state index contributed by atoms with van der Waals surface area (Å²) in [5.41, 5.74) is 1.07. The summed E-state index contributed by atoms with van der Waals surface area (Å²) in [6.07, 6.45) is 1.61. The van der Waals surface area contributed by atoms with Gasteiger partial charge in [-0.3, -0.25) is 10.1 Å². The molecule has 0 saturated carbocycles. The van der Waals surface area contributed by atoms with Crippen molar-refractivity contribution in [2.75, 3.05) is 14.1 Å². The Kier molecular flexibility index (Phi) is 3.16. The number of allylic oxidation sites excluding steroid dienone is 1. The number of aromatic hydroxyl groups is 1. The summed E-state index contributed by atoms with van der Waals surface area (Å²) in [6.45, 7) is 1.83. The zero-order valence-electron chi connectivity index (χ0n) is 10.9. The molecule has 1 aromatic heterocycles. The zero-order chi connectivity index (χ0) is 14.2. The van der Waals surface area contributed by atoms with Gasteiger partial charge in [-0.25, -0.2) is 0 Å². The topological polar surface area (TPSA) is 79.8 Å². The molecule has 1 heterocycles. The van der Waals surface area contributed by atoms with Crippen LogP contribution in [0.1, 0.15) is 12.7 Å². The summed E-state index contributed by atoms with van der Waals surface area (Å²) in [5.74, 6) is 0.146. The van der Waals surface area contributed by atoms with Crippen LogP contribution in [0.5, 0.6) is 5.75 Å². The van der Waals surface area contributed by atoms with Gasteiger partial charge in [0.2, 0.25) is 5.76 Å². The Bertz CT molecular complexity index is 671. The Hall–Kier alpha value is -2.50. The van der Waals surface area contributed by atoms with Gasteiger partial charge in [-0.1, -0.05) is 0 Å². The fraction of sp³-hybridized carbons (Fsp3) is 0.231. The Balaban J connectivity index is 2.71. The van der Waals surface area contributed by atoms with Crippen molar-refractivity contribution in [3.8, 4) is 5.75 Å². The largest absolute Gasteiger partial charge is 0.508 e. The van der Waals surface area contributed by atoms with E-state index in [9.17, 15) is 15.2 Å². The van der Waals surface area contributed by atoms with Crippen LogP contribution >= 0.6 is 0 Å². The van der Waals surface area contributed by atoms with Crippen molar-refractivity contribution in [3.63, 3.8) is 0 Å². The number of nitro groups is 1. The first kappa shape index (κ1) is 12.9. The average molecular weight is 262 g/mol. The van der Waals surface area contributed by atoms with E-state index in [1.807, 2.05) is 25.9 Å². The number of rotatable bonds is 3. The Morgan fingerprint density at radius 1 is 1.47 bits per heavy atom. The van der Waals surface area contributed by atoms with Crippen LogP contribution in [0, 0.1) is 10.1 Å². The van der Waals surface area contributed by atoms with E-state index in [0.29, 0.717) is 11.0 Å². The van der Waals surface area contributed by atoms with Crippen molar-refractivity contribution in [1.29, 1.82) is 0 Å². The molecule has 0 aliphatic carbocycles. The second kappa shape index (κ2) is 4.64. The monoisotopic (exact) mass is 262 g/mol. The van der Waals surface area contributed by atoms with E-state index in [1.54, 1.807) is 6.08 Å². The predicted octanol–water partition coefficient (Wildman–Crippen LogP) is 2.97. The molecule has 0 spiro atoms. The molecular formula is C13H14N2O4. The predicted molar refractivity (Wildman–Crippen MR) is 71.9 cm³/mol. The fourth-order valence-electron chi connectivity index (χ4n) is 1.70. The van der Waals surface area contributed by atoms with E-state index in [2.05, 4.69) is 0 Å². The van der Waals surface area contributed by atoms with Crippen molar-refractivity contribution in [2.24, 2.45) is 0 Å². The summed E-state index contributed by atoms with van der Waals surface area (Å²) in [4.78, 5) is 12.5. The quantitative estimate of drug-likeness (QED) is 0.679. The lowest BCUT2D eigenvalue weighted by atomic mass is 10.2. The maximum atomic E-state index is 11.2. The number of hydrogen-bond acceptors (Lipinski definition) is 5. The van der Waals surface area contributed by atoms with Crippen molar-refractivity contribution in [3.05, 3.63) is 39.8 Å². The van der Waals surface area contributed by atoms with E-state index in [0.717, 1.165) is 5.70 Å². The maximum Gasteiger partial charge on any atom is 0.322 e. The third-order valence-corrected chi connectivity index (χ3v) is 2.90. The first-order valence-corrected chi connectivity index (χ1v) is 5.65. The molecule has 0 radical (unpaired) electrons. The number of nitrogens with zero attached hydrogens (tertiary/aromatic N) is 2. The minimum absolute atomic E-state index is 0.0312. The molecule has 0 unspecified atom stereocenters. The van der Waals surface area contributed by atoms with Gasteiger partial charge >= 0.3 is 5.69 Å². The number of phenols is 1. The summed E-state index contributed by atoms with van der Waals surface area (Å²) in [6, 6.07) is 4.28. The van der Waals surface area contributed by atoms with Gasteiger partial charge in [0.1, 0.15) is 16.7 Å². The zero-order valence-corrected chi connectivity index (χ0v) is 10.9. The number of hydrogen-bond donors (Lipinski definition) is 1. The standard InChI is InChI=1S/C13H14N2O4/c1-8(14(2)3)6-12-13(15(17)18)10-7-9(16)4-5-11(10)19-12/h4-7,16H,1-3H3/b8-6-. The molecule has 2 rings (SSSR count). The van der Waals surface area contributed by atoms with Gasteiger partial charge in [0.25, 0.3) is 0 Å². The Morgan fingerprint density at radius 2 is 2.16 bits per heavy atom. The Labute approximate surface area is 109 Å². The minimum Gasteiger partial charge on any atom is -0.508 e. The lowest BCUT2D eigenvalue weighted by Gasteiger charge is -2.11. The summed E-state index contributed by atoms with van der Waals surface area (Å²) < 4.78 is 5.48. The van der Waals surface area contributed by atoms with Gasteiger partial charge < -0.3 is 14.4 Å². The highest BCUT2D eigenvalue weighted by molar-refractivity contribution is 5.92. The highest BCUT2D eigenvalue weighted by atomic mass is 16.6. The number of benzene rings is 1. The Morgan fingerprint density at radius 3 is 2.74 bits per heavy atom. The molecule has 0 aliphatic rings. The van der Waals surface area contributed by atoms with Crippen LogP contribution in [0.3, 0.4) is 0 Å². The van der Waals surface area contributed by atoms with Gasteiger partial charge in [-0.15, -0.1) is 0 Å². The molecule has 1 N–H and O–H groups in total. The molecule has 0 saturated heterocycles. The number of furan rings is 1. The third kappa shape index (κ3) is 2.37. The lowest BCUT2D eigenvalue weighted by molar-refractivity contribution is -0.383. The van der Waals surface area contributed by atoms with Gasteiger partial charge in [0, 0.05) is 25.9 Å². The molecule has 6 nitrogen and oxygen atoms in total. The molecular weight excluding hydrogens is 248 g/mol. The normalized spacial score (nSPS) is 11.8. The van der Waals surface area contributed by atoms with Crippen LogP contribution in [0.4, 0.5) is 5.69 Å². The van der Waals surface area contributed by atoms with Crippen LogP contribution in [-0.2, 0) is 0 Å². The van der Waals surface area contributed by atoms with E-state index < -0.39 is 4.92 Å². The van der Waals surface area contributed by atoms with E-state index in [1.165, 1.54) is 18.2 Å². The fourth-order valence-corrected chi connectivity index (χ4v) is 1.70. The smallest absolute Gasteiger partial charge is 0.322 e. The second-order valence-electron chi connectivity index (χ2n) is 4.43. The van der Waals surface area contributed by atoms with Gasteiger partial charge in [-0.2, -0.15) is 0 Å². The second-order valence-corrected chi connectivity index (χ2v) is 4.43. The van der Waals surface area contributed by atoms with E-state index >= 15 is 0 Å². The molecule has 6 heteroatoms. The van der Waals surface area contributed by atoms with Crippen molar-refractivity contribution < 1.29 is 14.4 Å². The first-order valence-electron chi connectivity index (χ1n) is 5.65. The van der Waals surface area contributed by atoms with Crippen LogP contribution < -0.4 is 0 Å². The highest BCUT2D eigenvalue weighted by Gasteiger charge is 2.23. The highest BCUT2D eigenvalue weighted by Crippen LogP contribution is 2.36. The molecule has 0 fully saturated rings. The molecule has 0 bridgehead atoms. The summed E-state index contributed by atoms with van der Waals surface area (Å²) in [7, 11) is 3.68. The first-order chi connectivity index (χ1) is 8.90. The van der Waals surface area contributed by atoms with Crippen molar-refractivity contribution in [2.45, 2.75) is 6.92 Å². The van der Waals surface area contributed by atoms with Crippen LogP contribution in [-0.4, -0.2) is 29.0 Å². The average Bonchev–Trinajstić information content (AvgIpc) is 2.65. The summed E-state index contributed by atoms with van der Waals surface area (Å²) in [5, 5.41) is 20.9. The number of fused-ring (bicyclic) bond motifs is 1. The molecule has 0 aliphatic heterocycles. The van der Waals surface area contributed by atoms with Crippen molar-refractivity contribution >= 4 is 22.7 Å². The van der Waals surface area contributed by atoms with Crippen LogP contribution in [0.25, 0.3) is 17.0 Å². The van der Waals surface area contributed by atoms with Gasteiger partial charge in [0.15, 0.2) is 0 Å². The third-order valence-electron chi connectivity index (χ3n) is 2.90. The van der Waals surface area contributed by atoms with Crippen LogP contribution in [0.2, 0.25) is 0 Å².